The van der Waals surface area contributed by atoms with Crippen LogP contribution >= 0.6 is 0 Å². The first kappa shape index (κ1) is 13.6. The minimum Gasteiger partial charge on any atom is -0.358 e. The standard InChI is InChI=1S/C11H21N4O2/c1-5-15(6-2,7-3)8-10-11(14(16)17)12-9-13(10)4/h9H,5-8H2,1-4H3/q+1. The van der Waals surface area contributed by atoms with Gasteiger partial charge in [-0.1, -0.05) is 0 Å². The van der Waals surface area contributed by atoms with Crippen LogP contribution < -0.4 is 0 Å². The Morgan fingerprint density at radius 1 is 1.35 bits per heavy atom. The van der Waals surface area contributed by atoms with Gasteiger partial charge in [0, 0.05) is 7.05 Å². The monoisotopic (exact) mass is 241 g/mol. The molecule has 0 unspecified atom stereocenters. The summed E-state index contributed by atoms with van der Waals surface area (Å²) in [6.07, 6.45) is 1.52. The van der Waals surface area contributed by atoms with Crippen molar-refractivity contribution in [2.75, 3.05) is 19.6 Å². The minimum atomic E-state index is -0.398. The first-order valence-electron chi connectivity index (χ1n) is 5.99. The quantitative estimate of drug-likeness (QED) is 0.432. The van der Waals surface area contributed by atoms with Crippen molar-refractivity contribution in [2.45, 2.75) is 27.3 Å². The zero-order valence-corrected chi connectivity index (χ0v) is 11.0. The van der Waals surface area contributed by atoms with E-state index in [1.807, 2.05) is 7.05 Å². The molecule has 0 saturated heterocycles. The summed E-state index contributed by atoms with van der Waals surface area (Å²) in [5.41, 5.74) is 0.709. The molecular formula is C11H21N4O2+. The van der Waals surface area contributed by atoms with Crippen LogP contribution in [-0.2, 0) is 13.6 Å². The van der Waals surface area contributed by atoms with Gasteiger partial charge in [0.1, 0.15) is 6.54 Å². The lowest BCUT2D eigenvalue weighted by Gasteiger charge is -2.35. The fraction of sp³-hybridized carbons (Fsp3) is 0.727. The lowest BCUT2D eigenvalue weighted by molar-refractivity contribution is -0.936. The zero-order chi connectivity index (χ0) is 13.1. The maximum atomic E-state index is 10.9. The molecule has 0 bridgehead atoms. The number of imidazole rings is 1. The van der Waals surface area contributed by atoms with Gasteiger partial charge >= 0.3 is 5.82 Å². The van der Waals surface area contributed by atoms with Crippen LogP contribution in [0.15, 0.2) is 6.33 Å². The Morgan fingerprint density at radius 2 is 1.88 bits per heavy atom. The molecule has 0 saturated carbocycles. The summed E-state index contributed by atoms with van der Waals surface area (Å²) in [6, 6.07) is 0. The highest BCUT2D eigenvalue weighted by atomic mass is 16.6. The van der Waals surface area contributed by atoms with E-state index in [2.05, 4.69) is 25.8 Å². The summed E-state index contributed by atoms with van der Waals surface area (Å²) in [7, 11) is 1.81. The van der Waals surface area contributed by atoms with E-state index >= 15 is 0 Å². The van der Waals surface area contributed by atoms with E-state index in [1.165, 1.54) is 6.33 Å². The summed E-state index contributed by atoms with van der Waals surface area (Å²) < 4.78 is 2.60. The molecule has 0 atom stereocenters. The molecule has 0 N–H and O–H groups in total. The van der Waals surface area contributed by atoms with Crippen molar-refractivity contribution in [3.8, 4) is 0 Å². The molecule has 1 heterocycles. The third-order valence-corrected chi connectivity index (χ3v) is 3.71. The summed E-state index contributed by atoms with van der Waals surface area (Å²) in [4.78, 5) is 14.4. The first-order valence-corrected chi connectivity index (χ1v) is 5.99. The van der Waals surface area contributed by atoms with E-state index in [9.17, 15) is 10.1 Å². The third-order valence-electron chi connectivity index (χ3n) is 3.71. The van der Waals surface area contributed by atoms with Crippen molar-refractivity contribution in [1.82, 2.24) is 9.55 Å². The number of quaternary nitrogens is 1. The zero-order valence-electron chi connectivity index (χ0n) is 11.0. The molecule has 0 amide bonds. The maximum Gasteiger partial charge on any atom is 0.390 e. The molecular weight excluding hydrogens is 220 g/mol. The molecule has 1 aromatic rings. The molecule has 96 valence electrons. The number of hydrogen-bond donors (Lipinski definition) is 0. The number of aryl methyl sites for hydroxylation is 1. The van der Waals surface area contributed by atoms with E-state index in [0.717, 1.165) is 24.1 Å². The van der Waals surface area contributed by atoms with Gasteiger partial charge in [0.2, 0.25) is 6.33 Å². The van der Waals surface area contributed by atoms with E-state index in [0.29, 0.717) is 12.2 Å². The van der Waals surface area contributed by atoms with Gasteiger partial charge in [-0.15, -0.1) is 0 Å². The lowest BCUT2D eigenvalue weighted by Crippen LogP contribution is -2.47. The molecule has 6 heteroatoms. The Kier molecular flexibility index (Phi) is 4.22. The smallest absolute Gasteiger partial charge is 0.358 e. The Morgan fingerprint density at radius 3 is 2.29 bits per heavy atom. The van der Waals surface area contributed by atoms with Crippen molar-refractivity contribution in [1.29, 1.82) is 0 Å². The molecule has 0 aliphatic carbocycles. The fourth-order valence-electron chi connectivity index (χ4n) is 2.10. The van der Waals surface area contributed by atoms with Crippen LogP contribution in [0.5, 0.6) is 0 Å². The molecule has 0 fully saturated rings. The van der Waals surface area contributed by atoms with Crippen LogP contribution in [0.25, 0.3) is 0 Å². The Balaban J connectivity index is 3.08. The van der Waals surface area contributed by atoms with Crippen LogP contribution in [0.3, 0.4) is 0 Å². The summed E-state index contributed by atoms with van der Waals surface area (Å²) in [5, 5.41) is 10.9. The topological polar surface area (TPSA) is 61.0 Å². The van der Waals surface area contributed by atoms with Gasteiger partial charge in [-0.2, -0.15) is 0 Å². The van der Waals surface area contributed by atoms with Crippen molar-refractivity contribution >= 4 is 5.82 Å². The molecule has 1 aromatic heterocycles. The minimum absolute atomic E-state index is 0.00894. The molecule has 0 aromatic carbocycles. The van der Waals surface area contributed by atoms with Crippen LogP contribution in [0.2, 0.25) is 0 Å². The van der Waals surface area contributed by atoms with E-state index < -0.39 is 4.92 Å². The Bertz CT molecular complexity index is 388. The fourth-order valence-corrected chi connectivity index (χ4v) is 2.10. The number of nitro groups is 1. The lowest BCUT2D eigenvalue weighted by atomic mass is 10.2. The van der Waals surface area contributed by atoms with E-state index in [4.69, 9.17) is 0 Å². The molecule has 1 rings (SSSR count). The van der Waals surface area contributed by atoms with Gasteiger partial charge in [-0.05, 0) is 30.7 Å². The molecule has 17 heavy (non-hydrogen) atoms. The molecule has 6 nitrogen and oxygen atoms in total. The molecule has 0 radical (unpaired) electrons. The van der Waals surface area contributed by atoms with Gasteiger partial charge in [0.05, 0.1) is 19.6 Å². The van der Waals surface area contributed by atoms with Crippen molar-refractivity contribution in [2.24, 2.45) is 7.05 Å². The number of aromatic nitrogens is 2. The highest BCUT2D eigenvalue weighted by molar-refractivity contribution is 5.26. The molecule has 0 aliphatic rings. The highest BCUT2D eigenvalue weighted by Crippen LogP contribution is 2.21. The van der Waals surface area contributed by atoms with Crippen molar-refractivity contribution in [3.63, 3.8) is 0 Å². The Labute approximate surface area is 102 Å². The largest absolute Gasteiger partial charge is 0.390 e. The highest BCUT2D eigenvalue weighted by Gasteiger charge is 2.29. The van der Waals surface area contributed by atoms with E-state index in [1.54, 1.807) is 4.57 Å². The second-order valence-electron chi connectivity index (χ2n) is 4.33. The second-order valence-corrected chi connectivity index (χ2v) is 4.33. The average molecular weight is 241 g/mol. The number of rotatable bonds is 6. The average Bonchev–Trinajstić information content (AvgIpc) is 2.68. The third kappa shape index (κ3) is 2.63. The van der Waals surface area contributed by atoms with Gasteiger partial charge in [-0.3, -0.25) is 0 Å². The van der Waals surface area contributed by atoms with Crippen LogP contribution in [-0.4, -0.2) is 38.6 Å². The number of hydrogen-bond acceptors (Lipinski definition) is 3. The van der Waals surface area contributed by atoms with Gasteiger partial charge in [-0.25, -0.2) is 0 Å². The van der Waals surface area contributed by atoms with Crippen molar-refractivity contribution in [3.05, 3.63) is 22.1 Å². The SMILES string of the molecule is CC[N+](CC)(CC)Cc1c([N+](=O)[O-])ncn1C. The van der Waals surface area contributed by atoms with Crippen molar-refractivity contribution < 1.29 is 9.41 Å². The Hall–Kier alpha value is -1.43. The van der Waals surface area contributed by atoms with Gasteiger partial charge in [0.25, 0.3) is 0 Å². The normalized spacial score (nSPS) is 11.8. The molecule has 0 aliphatic heterocycles. The summed E-state index contributed by atoms with van der Waals surface area (Å²) >= 11 is 0. The van der Waals surface area contributed by atoms with Gasteiger partial charge < -0.3 is 19.2 Å². The van der Waals surface area contributed by atoms with Crippen LogP contribution in [0.1, 0.15) is 26.5 Å². The van der Waals surface area contributed by atoms with Crippen LogP contribution in [0.4, 0.5) is 5.82 Å². The summed E-state index contributed by atoms with van der Waals surface area (Å²) in [5.74, 6) is -0.00894. The first-order chi connectivity index (χ1) is 7.99. The number of nitrogens with zero attached hydrogens (tertiary/aromatic N) is 4. The van der Waals surface area contributed by atoms with Crippen LogP contribution in [0, 0.1) is 10.1 Å². The predicted octanol–water partition coefficient (Wildman–Crippen LogP) is 1.70. The second kappa shape index (κ2) is 5.27. The van der Waals surface area contributed by atoms with Gasteiger partial charge in [0.15, 0.2) is 5.69 Å². The maximum absolute atomic E-state index is 10.9. The molecule has 0 spiro atoms. The summed E-state index contributed by atoms with van der Waals surface area (Å²) in [6.45, 7) is 9.93. The van der Waals surface area contributed by atoms with E-state index in [-0.39, 0.29) is 5.82 Å². The predicted molar refractivity (Wildman–Crippen MR) is 65.4 cm³/mol.